The Morgan fingerprint density at radius 3 is 2.69 bits per heavy atom. The summed E-state index contributed by atoms with van der Waals surface area (Å²) in [6.45, 7) is 3.25. The Balaban J connectivity index is 2.90. The van der Waals surface area contributed by atoms with Gasteiger partial charge >= 0.3 is 0 Å². The second kappa shape index (κ2) is 5.61. The van der Waals surface area contributed by atoms with Gasteiger partial charge in [-0.15, -0.1) is 0 Å². The molecule has 0 saturated heterocycles. The Kier molecular flexibility index (Phi) is 4.43. The molecule has 0 radical (unpaired) electrons. The van der Waals surface area contributed by atoms with Crippen LogP contribution >= 0.6 is 0 Å². The van der Waals surface area contributed by atoms with E-state index in [4.69, 9.17) is 5.11 Å². The van der Waals surface area contributed by atoms with E-state index in [-0.39, 0.29) is 18.3 Å². The van der Waals surface area contributed by atoms with E-state index >= 15 is 0 Å². The molecule has 1 amide bonds. The fourth-order valence-electron chi connectivity index (χ4n) is 1.50. The zero-order valence-corrected chi connectivity index (χ0v) is 9.46. The molecule has 0 aliphatic rings. The first-order valence-electron chi connectivity index (χ1n) is 5.24. The zero-order valence-electron chi connectivity index (χ0n) is 9.46. The molecule has 1 atom stereocenters. The van der Waals surface area contributed by atoms with Crippen molar-refractivity contribution in [2.45, 2.75) is 26.3 Å². The Morgan fingerprint density at radius 2 is 2.19 bits per heavy atom. The van der Waals surface area contributed by atoms with Crippen molar-refractivity contribution in [3.05, 3.63) is 35.1 Å². The molecule has 0 bridgehead atoms. The van der Waals surface area contributed by atoms with Gasteiger partial charge in [0, 0.05) is 6.42 Å². The Hall–Kier alpha value is -1.42. The highest BCUT2D eigenvalue weighted by Crippen LogP contribution is 2.16. The molecule has 0 aliphatic heterocycles. The number of amides is 1. The summed E-state index contributed by atoms with van der Waals surface area (Å²) < 4.78 is 13.1. The molecule has 0 saturated carbocycles. The third-order valence-corrected chi connectivity index (χ3v) is 2.31. The largest absolute Gasteiger partial charge is 0.394 e. The van der Waals surface area contributed by atoms with E-state index in [2.05, 4.69) is 5.32 Å². The van der Waals surface area contributed by atoms with Crippen molar-refractivity contribution in [1.82, 2.24) is 5.32 Å². The van der Waals surface area contributed by atoms with E-state index in [1.54, 1.807) is 19.9 Å². The zero-order chi connectivity index (χ0) is 12.1. The second-order valence-corrected chi connectivity index (χ2v) is 3.72. The molecule has 1 aromatic rings. The maximum Gasteiger partial charge on any atom is 0.220 e. The summed E-state index contributed by atoms with van der Waals surface area (Å²) >= 11 is 0. The molecule has 16 heavy (non-hydrogen) atoms. The van der Waals surface area contributed by atoms with E-state index in [9.17, 15) is 9.18 Å². The summed E-state index contributed by atoms with van der Waals surface area (Å²) in [5.74, 6) is -0.528. The number of benzene rings is 1. The summed E-state index contributed by atoms with van der Waals surface area (Å²) in [5, 5.41) is 11.8. The molecule has 1 rings (SSSR count). The van der Waals surface area contributed by atoms with Crippen molar-refractivity contribution in [2.75, 3.05) is 6.61 Å². The minimum atomic E-state index is -0.540. The number of aryl methyl sites for hydroxylation is 1. The fourth-order valence-corrected chi connectivity index (χ4v) is 1.50. The number of halogens is 1. The molecule has 0 spiro atoms. The number of nitrogens with one attached hydrogen (secondary N) is 1. The maximum absolute atomic E-state index is 13.1. The lowest BCUT2D eigenvalue weighted by molar-refractivity contribution is -0.121. The average molecular weight is 225 g/mol. The monoisotopic (exact) mass is 225 g/mol. The van der Waals surface area contributed by atoms with Crippen molar-refractivity contribution in [3.8, 4) is 0 Å². The Morgan fingerprint density at radius 1 is 1.50 bits per heavy atom. The first-order valence-corrected chi connectivity index (χ1v) is 5.24. The van der Waals surface area contributed by atoms with Crippen LogP contribution in [0.2, 0.25) is 0 Å². The smallest absolute Gasteiger partial charge is 0.220 e. The highest BCUT2D eigenvalue weighted by molar-refractivity contribution is 5.76. The van der Waals surface area contributed by atoms with Gasteiger partial charge in [-0.25, -0.2) is 4.39 Å². The van der Waals surface area contributed by atoms with Crippen molar-refractivity contribution in [1.29, 1.82) is 0 Å². The van der Waals surface area contributed by atoms with Gasteiger partial charge in [-0.3, -0.25) is 4.79 Å². The molecule has 0 unspecified atom stereocenters. The Bertz CT molecular complexity index is 359. The lowest BCUT2D eigenvalue weighted by atomic mass is 10.0. The van der Waals surface area contributed by atoms with Gasteiger partial charge in [0.25, 0.3) is 0 Å². The van der Waals surface area contributed by atoms with Crippen molar-refractivity contribution >= 4 is 5.91 Å². The summed E-state index contributed by atoms with van der Waals surface area (Å²) in [4.78, 5) is 11.2. The molecule has 88 valence electrons. The van der Waals surface area contributed by atoms with Crippen LogP contribution in [0.5, 0.6) is 0 Å². The van der Waals surface area contributed by atoms with E-state index in [0.717, 1.165) is 5.56 Å². The maximum atomic E-state index is 13.1. The van der Waals surface area contributed by atoms with Crippen LogP contribution in [0.4, 0.5) is 4.39 Å². The summed E-state index contributed by atoms with van der Waals surface area (Å²) in [5.41, 5.74) is 1.35. The van der Waals surface area contributed by atoms with Crippen LogP contribution in [0.3, 0.4) is 0 Å². The highest BCUT2D eigenvalue weighted by atomic mass is 19.1. The van der Waals surface area contributed by atoms with Gasteiger partial charge in [-0.2, -0.15) is 0 Å². The molecule has 3 nitrogen and oxygen atoms in total. The van der Waals surface area contributed by atoms with Crippen molar-refractivity contribution < 1.29 is 14.3 Å². The van der Waals surface area contributed by atoms with Crippen LogP contribution in [0.15, 0.2) is 18.2 Å². The molecule has 0 aromatic heterocycles. The van der Waals surface area contributed by atoms with Crippen LogP contribution in [0, 0.1) is 12.7 Å². The number of aliphatic hydroxyl groups excluding tert-OH is 1. The third-order valence-electron chi connectivity index (χ3n) is 2.31. The third kappa shape index (κ3) is 3.31. The summed E-state index contributed by atoms with van der Waals surface area (Å²) in [6.07, 6.45) is 0.338. The Labute approximate surface area is 94.3 Å². The van der Waals surface area contributed by atoms with Gasteiger partial charge in [-0.05, 0) is 30.2 Å². The highest BCUT2D eigenvalue weighted by Gasteiger charge is 2.13. The average Bonchev–Trinajstić information content (AvgIpc) is 2.24. The predicted octanol–water partition coefficient (Wildman–Crippen LogP) is 1.69. The van der Waals surface area contributed by atoms with Crippen LogP contribution in [0.25, 0.3) is 0 Å². The number of rotatable bonds is 4. The van der Waals surface area contributed by atoms with E-state index in [1.807, 2.05) is 0 Å². The number of carbonyl (C=O) groups excluding carboxylic acids is 1. The van der Waals surface area contributed by atoms with Crippen LogP contribution in [0.1, 0.15) is 30.5 Å². The quantitative estimate of drug-likeness (QED) is 0.819. The molecular formula is C12H16FNO2. The van der Waals surface area contributed by atoms with Crippen molar-refractivity contribution in [3.63, 3.8) is 0 Å². The van der Waals surface area contributed by atoms with E-state index in [1.165, 1.54) is 12.1 Å². The van der Waals surface area contributed by atoms with Gasteiger partial charge in [0.1, 0.15) is 5.82 Å². The summed E-state index contributed by atoms with van der Waals surface area (Å²) in [7, 11) is 0. The lowest BCUT2D eigenvalue weighted by Crippen LogP contribution is -2.30. The first-order chi connectivity index (χ1) is 7.56. The molecule has 4 heteroatoms. The van der Waals surface area contributed by atoms with E-state index in [0.29, 0.717) is 12.0 Å². The topological polar surface area (TPSA) is 49.3 Å². The number of hydrogen-bond donors (Lipinski definition) is 2. The van der Waals surface area contributed by atoms with Gasteiger partial charge in [0.15, 0.2) is 0 Å². The van der Waals surface area contributed by atoms with E-state index < -0.39 is 6.04 Å². The van der Waals surface area contributed by atoms with Crippen LogP contribution in [-0.4, -0.2) is 17.6 Å². The van der Waals surface area contributed by atoms with Gasteiger partial charge in [-0.1, -0.05) is 13.0 Å². The number of aliphatic hydroxyl groups is 1. The lowest BCUT2D eigenvalue weighted by Gasteiger charge is -2.17. The molecule has 0 aliphatic carbocycles. The first kappa shape index (κ1) is 12.6. The van der Waals surface area contributed by atoms with Gasteiger partial charge in [0.05, 0.1) is 12.6 Å². The SMILES string of the molecule is CCC(=O)N[C@H](CO)c1cc(C)cc(F)c1. The molecular weight excluding hydrogens is 209 g/mol. The minimum absolute atomic E-state index is 0.166. The summed E-state index contributed by atoms with van der Waals surface area (Å²) in [6, 6.07) is 3.94. The fraction of sp³-hybridized carbons (Fsp3) is 0.417. The standard InChI is InChI=1S/C12H16FNO2/c1-3-12(16)14-11(7-15)9-4-8(2)5-10(13)6-9/h4-6,11,15H,3,7H2,1-2H3,(H,14,16)/t11-/m1/s1. The minimum Gasteiger partial charge on any atom is -0.394 e. The van der Waals surface area contributed by atoms with Crippen LogP contribution < -0.4 is 5.32 Å². The molecule has 2 N–H and O–H groups in total. The number of carbonyl (C=O) groups is 1. The molecule has 0 fully saturated rings. The van der Waals surface area contributed by atoms with Gasteiger partial charge < -0.3 is 10.4 Å². The molecule has 0 heterocycles. The van der Waals surface area contributed by atoms with Crippen molar-refractivity contribution in [2.24, 2.45) is 0 Å². The second-order valence-electron chi connectivity index (χ2n) is 3.72. The predicted molar refractivity (Wildman–Crippen MR) is 59.4 cm³/mol. The normalized spacial score (nSPS) is 12.2. The molecule has 1 aromatic carbocycles. The number of hydrogen-bond acceptors (Lipinski definition) is 2. The van der Waals surface area contributed by atoms with Gasteiger partial charge in [0.2, 0.25) is 5.91 Å². The van der Waals surface area contributed by atoms with Crippen LogP contribution in [-0.2, 0) is 4.79 Å².